The number of hydrogen-bond acceptors (Lipinski definition) is 4. The Bertz CT molecular complexity index is 644. The number of nitriles is 1. The summed E-state index contributed by atoms with van der Waals surface area (Å²) in [5.74, 6) is -0.195. The lowest BCUT2D eigenvalue weighted by Crippen LogP contribution is -2.28. The third-order valence-electron chi connectivity index (χ3n) is 3.41. The van der Waals surface area contributed by atoms with E-state index in [1.54, 1.807) is 17.9 Å². The number of halogens is 1. The molecular formula is C16H17ClN2O3. The molecule has 1 aliphatic heterocycles. The largest absolute Gasteiger partial charge is 0.503 e. The molecule has 1 N–H and O–H groups in total. The first-order valence-corrected chi connectivity index (χ1v) is 7.51. The lowest BCUT2D eigenvalue weighted by molar-refractivity contribution is -0.125. The van der Waals surface area contributed by atoms with Crippen LogP contribution in [0, 0.1) is 11.3 Å². The first-order chi connectivity index (χ1) is 10.6. The van der Waals surface area contributed by atoms with E-state index >= 15 is 0 Å². The van der Waals surface area contributed by atoms with Crippen molar-refractivity contribution in [1.82, 2.24) is 4.90 Å². The summed E-state index contributed by atoms with van der Waals surface area (Å²) in [4.78, 5) is 13.9. The van der Waals surface area contributed by atoms with Gasteiger partial charge in [-0.25, -0.2) is 0 Å². The number of carbonyl (C=O) groups excluding carboxylic acids is 1. The van der Waals surface area contributed by atoms with Crippen LogP contribution < -0.4 is 4.74 Å². The molecule has 1 aromatic carbocycles. The van der Waals surface area contributed by atoms with Crippen LogP contribution in [0.5, 0.6) is 11.5 Å². The molecular weight excluding hydrogens is 304 g/mol. The van der Waals surface area contributed by atoms with Crippen molar-refractivity contribution >= 4 is 23.6 Å². The zero-order valence-corrected chi connectivity index (χ0v) is 13.1. The maximum Gasteiger partial charge on any atom is 0.264 e. The normalized spacial score (nSPS) is 14.8. The van der Waals surface area contributed by atoms with Gasteiger partial charge in [-0.2, -0.15) is 5.26 Å². The Balaban J connectivity index is 2.33. The summed E-state index contributed by atoms with van der Waals surface area (Å²) in [6.07, 6.45) is 3.39. The third kappa shape index (κ3) is 3.52. The molecule has 1 fully saturated rings. The van der Waals surface area contributed by atoms with Gasteiger partial charge < -0.3 is 14.7 Å². The lowest BCUT2D eigenvalue weighted by atomic mass is 10.1. The van der Waals surface area contributed by atoms with Crippen LogP contribution in [-0.4, -0.2) is 35.6 Å². The summed E-state index contributed by atoms with van der Waals surface area (Å²) in [5.41, 5.74) is 0.585. The second kappa shape index (κ2) is 7.19. The molecule has 22 heavy (non-hydrogen) atoms. The summed E-state index contributed by atoms with van der Waals surface area (Å²) in [5, 5.41) is 19.2. The molecule has 0 radical (unpaired) electrons. The molecule has 1 heterocycles. The SMILES string of the molecule is CCOc1cc(/C=C(/C#N)C(=O)N2CCCC2)cc(Cl)c1O. The topological polar surface area (TPSA) is 73.6 Å². The van der Waals surface area contributed by atoms with Crippen LogP contribution >= 0.6 is 11.6 Å². The Morgan fingerprint density at radius 3 is 2.77 bits per heavy atom. The van der Waals surface area contributed by atoms with Crippen LogP contribution in [-0.2, 0) is 4.79 Å². The second-order valence-corrected chi connectivity index (χ2v) is 5.36. The number of carbonyl (C=O) groups is 1. The molecule has 6 heteroatoms. The molecule has 1 aromatic rings. The zero-order valence-electron chi connectivity index (χ0n) is 12.3. The predicted molar refractivity (Wildman–Crippen MR) is 83.7 cm³/mol. The van der Waals surface area contributed by atoms with E-state index in [9.17, 15) is 15.2 Å². The van der Waals surface area contributed by atoms with Crippen LogP contribution in [0.3, 0.4) is 0 Å². The van der Waals surface area contributed by atoms with E-state index in [2.05, 4.69) is 0 Å². The smallest absolute Gasteiger partial charge is 0.264 e. The van der Waals surface area contributed by atoms with Gasteiger partial charge >= 0.3 is 0 Å². The minimum Gasteiger partial charge on any atom is -0.503 e. The van der Waals surface area contributed by atoms with Crippen molar-refractivity contribution in [2.45, 2.75) is 19.8 Å². The number of ether oxygens (including phenoxy) is 1. The Morgan fingerprint density at radius 1 is 1.50 bits per heavy atom. The zero-order chi connectivity index (χ0) is 16.1. The van der Waals surface area contributed by atoms with Gasteiger partial charge in [-0.15, -0.1) is 0 Å². The van der Waals surface area contributed by atoms with Gasteiger partial charge in [0, 0.05) is 13.1 Å². The van der Waals surface area contributed by atoms with E-state index in [0.717, 1.165) is 12.8 Å². The maximum absolute atomic E-state index is 12.3. The molecule has 1 aliphatic rings. The van der Waals surface area contributed by atoms with E-state index in [1.165, 1.54) is 12.1 Å². The Morgan fingerprint density at radius 2 is 2.18 bits per heavy atom. The summed E-state index contributed by atoms with van der Waals surface area (Å²) < 4.78 is 5.29. The number of amides is 1. The van der Waals surface area contributed by atoms with E-state index in [4.69, 9.17) is 16.3 Å². The van der Waals surface area contributed by atoms with Gasteiger partial charge in [0.2, 0.25) is 0 Å². The molecule has 1 saturated heterocycles. The maximum atomic E-state index is 12.3. The molecule has 0 bridgehead atoms. The van der Waals surface area contributed by atoms with Gasteiger partial charge in [0.1, 0.15) is 11.6 Å². The molecule has 0 unspecified atom stereocenters. The minimum atomic E-state index is -0.276. The Hall–Kier alpha value is -2.19. The molecule has 0 aromatic heterocycles. The number of nitrogens with zero attached hydrogens (tertiary/aromatic N) is 2. The summed E-state index contributed by atoms with van der Waals surface area (Å²) >= 11 is 5.95. The highest BCUT2D eigenvalue weighted by molar-refractivity contribution is 6.32. The highest BCUT2D eigenvalue weighted by Crippen LogP contribution is 2.35. The molecule has 5 nitrogen and oxygen atoms in total. The number of likely N-dealkylation sites (tertiary alicyclic amines) is 1. The van der Waals surface area contributed by atoms with Crippen LogP contribution in [0.4, 0.5) is 0 Å². The fourth-order valence-corrected chi connectivity index (χ4v) is 2.56. The van der Waals surface area contributed by atoms with E-state index in [1.807, 2.05) is 6.07 Å². The van der Waals surface area contributed by atoms with E-state index < -0.39 is 0 Å². The highest BCUT2D eigenvalue weighted by Gasteiger charge is 2.21. The fourth-order valence-electron chi connectivity index (χ4n) is 2.34. The summed E-state index contributed by atoms with van der Waals surface area (Å²) in [6.45, 7) is 3.51. The van der Waals surface area contributed by atoms with Crippen LogP contribution in [0.25, 0.3) is 6.08 Å². The van der Waals surface area contributed by atoms with Crippen LogP contribution in [0.15, 0.2) is 17.7 Å². The minimum absolute atomic E-state index is 0.0473. The first kappa shape index (κ1) is 16.2. The van der Waals surface area contributed by atoms with Gasteiger partial charge in [0.15, 0.2) is 11.5 Å². The molecule has 2 rings (SSSR count). The Labute approximate surface area is 134 Å². The quantitative estimate of drug-likeness (QED) is 0.683. The number of hydrogen-bond donors (Lipinski definition) is 1. The van der Waals surface area contributed by atoms with E-state index in [-0.39, 0.29) is 28.0 Å². The molecule has 1 amide bonds. The van der Waals surface area contributed by atoms with Crippen molar-refractivity contribution in [3.05, 3.63) is 28.3 Å². The van der Waals surface area contributed by atoms with Crippen molar-refractivity contribution in [2.75, 3.05) is 19.7 Å². The average molecular weight is 321 g/mol. The van der Waals surface area contributed by atoms with Gasteiger partial charge in [0.25, 0.3) is 5.91 Å². The van der Waals surface area contributed by atoms with Crippen molar-refractivity contribution in [3.8, 4) is 17.6 Å². The van der Waals surface area contributed by atoms with Gasteiger partial charge in [-0.1, -0.05) is 11.6 Å². The number of benzene rings is 1. The average Bonchev–Trinajstić information content (AvgIpc) is 3.03. The van der Waals surface area contributed by atoms with Gasteiger partial charge in [0.05, 0.1) is 11.6 Å². The number of aromatic hydroxyl groups is 1. The van der Waals surface area contributed by atoms with Gasteiger partial charge in [-0.3, -0.25) is 4.79 Å². The first-order valence-electron chi connectivity index (χ1n) is 7.13. The summed E-state index contributed by atoms with van der Waals surface area (Å²) in [7, 11) is 0. The summed E-state index contributed by atoms with van der Waals surface area (Å²) in [6, 6.07) is 4.99. The number of phenolic OH excluding ortho intramolecular Hbond substituents is 1. The van der Waals surface area contributed by atoms with Crippen molar-refractivity contribution < 1.29 is 14.6 Å². The number of phenols is 1. The van der Waals surface area contributed by atoms with E-state index in [0.29, 0.717) is 25.3 Å². The third-order valence-corrected chi connectivity index (χ3v) is 3.69. The molecule has 116 valence electrons. The molecule has 0 saturated carbocycles. The Kier molecular flexibility index (Phi) is 5.29. The number of rotatable bonds is 4. The standard InChI is InChI=1S/C16H17ClN2O3/c1-2-22-14-9-11(8-13(17)15(14)20)7-12(10-18)16(21)19-5-3-4-6-19/h7-9,20H,2-6H2,1H3/b12-7-. The van der Waals surface area contributed by atoms with Crippen LogP contribution in [0.1, 0.15) is 25.3 Å². The second-order valence-electron chi connectivity index (χ2n) is 4.95. The van der Waals surface area contributed by atoms with Crippen LogP contribution in [0.2, 0.25) is 5.02 Å². The monoisotopic (exact) mass is 320 g/mol. The van der Waals surface area contributed by atoms with Crippen molar-refractivity contribution in [2.24, 2.45) is 0 Å². The van der Waals surface area contributed by atoms with Gasteiger partial charge in [-0.05, 0) is 43.5 Å². The fraction of sp³-hybridized carbons (Fsp3) is 0.375. The van der Waals surface area contributed by atoms with Crippen molar-refractivity contribution in [3.63, 3.8) is 0 Å². The molecule has 0 aliphatic carbocycles. The predicted octanol–water partition coefficient (Wildman–Crippen LogP) is 2.97. The van der Waals surface area contributed by atoms with Crippen molar-refractivity contribution in [1.29, 1.82) is 5.26 Å². The molecule has 0 atom stereocenters. The molecule has 0 spiro atoms. The highest BCUT2D eigenvalue weighted by atomic mass is 35.5. The lowest BCUT2D eigenvalue weighted by Gasteiger charge is -2.14.